The summed E-state index contributed by atoms with van der Waals surface area (Å²) in [4.78, 5) is 3.68. The van der Waals surface area contributed by atoms with Crippen LogP contribution in [0.4, 0.5) is 19.0 Å². The molecule has 1 aromatic heterocycles. The van der Waals surface area contributed by atoms with Gasteiger partial charge in [0, 0.05) is 25.9 Å². The molecule has 0 aliphatic rings. The molecular weight excluding hydrogens is 247 g/mol. The van der Waals surface area contributed by atoms with Gasteiger partial charge in [0.25, 0.3) is 0 Å². The monoisotopic (exact) mass is 263 g/mol. The van der Waals surface area contributed by atoms with Crippen LogP contribution in [0.2, 0.25) is 0 Å². The molecule has 1 unspecified atom stereocenters. The molecule has 1 aromatic rings. The van der Waals surface area contributed by atoms with E-state index in [1.54, 1.807) is 0 Å². The summed E-state index contributed by atoms with van der Waals surface area (Å²) in [5, 5.41) is 2.64. The van der Waals surface area contributed by atoms with Crippen molar-refractivity contribution in [2.24, 2.45) is 5.73 Å². The normalized spacial score (nSPS) is 13.4. The Morgan fingerprint density at radius 3 is 2.83 bits per heavy atom. The zero-order valence-electron chi connectivity index (χ0n) is 10.00. The fourth-order valence-electron chi connectivity index (χ4n) is 1.45. The number of nitrogens with zero attached hydrogens (tertiary/aromatic N) is 1. The Labute approximate surface area is 103 Å². The third-order valence-electron chi connectivity index (χ3n) is 2.30. The topological polar surface area (TPSA) is 60.2 Å². The van der Waals surface area contributed by atoms with E-state index >= 15 is 0 Å². The van der Waals surface area contributed by atoms with Gasteiger partial charge < -0.3 is 15.8 Å². The highest BCUT2D eigenvalue weighted by molar-refractivity contribution is 5.45. The molecule has 102 valence electrons. The fourth-order valence-corrected chi connectivity index (χ4v) is 1.45. The number of hydrogen-bond acceptors (Lipinski definition) is 4. The molecule has 0 bridgehead atoms. The van der Waals surface area contributed by atoms with Crippen molar-refractivity contribution in [3.05, 3.63) is 23.9 Å². The highest BCUT2D eigenvalue weighted by Gasteiger charge is 2.33. The lowest BCUT2D eigenvalue weighted by atomic mass is 10.2. The third kappa shape index (κ3) is 4.50. The van der Waals surface area contributed by atoms with Crippen molar-refractivity contribution in [2.75, 3.05) is 25.6 Å². The van der Waals surface area contributed by atoms with Crippen molar-refractivity contribution < 1.29 is 17.9 Å². The molecule has 0 saturated carbocycles. The standard InChI is InChI=1S/C11H16F3N3O/c1-18-7-8(15)4-6-17-10-9(11(12,13)14)3-2-5-16-10/h2-3,5,8H,4,6-7,15H2,1H3,(H,16,17). The fraction of sp³-hybridized carbons (Fsp3) is 0.545. The van der Waals surface area contributed by atoms with Gasteiger partial charge in [-0.25, -0.2) is 4.98 Å². The first-order chi connectivity index (χ1) is 8.45. The van der Waals surface area contributed by atoms with Gasteiger partial charge in [-0.1, -0.05) is 0 Å². The van der Waals surface area contributed by atoms with Crippen molar-refractivity contribution in [3.8, 4) is 0 Å². The van der Waals surface area contributed by atoms with Crippen molar-refractivity contribution in [1.82, 2.24) is 4.98 Å². The summed E-state index contributed by atoms with van der Waals surface area (Å²) < 4.78 is 42.7. The summed E-state index contributed by atoms with van der Waals surface area (Å²) in [6.45, 7) is 0.681. The van der Waals surface area contributed by atoms with Crippen LogP contribution >= 0.6 is 0 Å². The smallest absolute Gasteiger partial charge is 0.383 e. The molecule has 0 amide bonds. The maximum Gasteiger partial charge on any atom is 0.419 e. The van der Waals surface area contributed by atoms with Crippen LogP contribution in [-0.2, 0) is 10.9 Å². The number of hydrogen-bond donors (Lipinski definition) is 2. The minimum atomic E-state index is -4.41. The molecule has 3 N–H and O–H groups in total. The molecule has 0 saturated heterocycles. The van der Waals surface area contributed by atoms with Crippen molar-refractivity contribution in [3.63, 3.8) is 0 Å². The summed E-state index contributed by atoms with van der Waals surface area (Å²) >= 11 is 0. The van der Waals surface area contributed by atoms with E-state index in [0.29, 0.717) is 19.6 Å². The Hall–Kier alpha value is -1.34. The molecule has 0 fully saturated rings. The van der Waals surface area contributed by atoms with Crippen LogP contribution in [0, 0.1) is 0 Å². The maximum atomic E-state index is 12.6. The molecule has 1 heterocycles. The van der Waals surface area contributed by atoms with E-state index in [1.807, 2.05) is 0 Å². The van der Waals surface area contributed by atoms with Gasteiger partial charge in [0.15, 0.2) is 0 Å². The minimum Gasteiger partial charge on any atom is -0.383 e. The van der Waals surface area contributed by atoms with Crippen molar-refractivity contribution in [1.29, 1.82) is 0 Å². The van der Waals surface area contributed by atoms with E-state index in [9.17, 15) is 13.2 Å². The Kier molecular flexibility index (Phi) is 5.36. The molecule has 0 radical (unpaired) electrons. The summed E-state index contributed by atoms with van der Waals surface area (Å²) in [6, 6.07) is 2.04. The Morgan fingerprint density at radius 2 is 2.22 bits per heavy atom. The lowest BCUT2D eigenvalue weighted by Gasteiger charge is -2.14. The van der Waals surface area contributed by atoms with Gasteiger partial charge in [-0.05, 0) is 18.6 Å². The average Bonchev–Trinajstić information content (AvgIpc) is 2.28. The predicted molar refractivity (Wildman–Crippen MR) is 62.2 cm³/mol. The number of rotatable bonds is 6. The van der Waals surface area contributed by atoms with E-state index in [1.165, 1.54) is 19.4 Å². The van der Waals surface area contributed by atoms with Crippen LogP contribution in [0.1, 0.15) is 12.0 Å². The van der Waals surface area contributed by atoms with Crippen LogP contribution in [0.25, 0.3) is 0 Å². The molecule has 0 aliphatic heterocycles. The van der Waals surface area contributed by atoms with Crippen molar-refractivity contribution >= 4 is 5.82 Å². The first kappa shape index (κ1) is 14.7. The number of nitrogens with two attached hydrogens (primary N) is 1. The first-order valence-corrected chi connectivity index (χ1v) is 5.45. The second-order valence-corrected chi connectivity index (χ2v) is 3.83. The molecule has 0 spiro atoms. The molecule has 7 heteroatoms. The van der Waals surface area contributed by atoms with Gasteiger partial charge in [0.2, 0.25) is 0 Å². The molecule has 1 rings (SSSR count). The second kappa shape index (κ2) is 6.55. The summed E-state index contributed by atoms with van der Waals surface area (Å²) in [7, 11) is 1.52. The third-order valence-corrected chi connectivity index (χ3v) is 2.30. The molecule has 0 aliphatic carbocycles. The lowest BCUT2D eigenvalue weighted by Crippen LogP contribution is -2.28. The Balaban J connectivity index is 2.57. The Morgan fingerprint density at radius 1 is 1.50 bits per heavy atom. The van der Waals surface area contributed by atoms with Gasteiger partial charge >= 0.3 is 6.18 Å². The van der Waals surface area contributed by atoms with E-state index in [-0.39, 0.29) is 11.9 Å². The van der Waals surface area contributed by atoms with Crippen LogP contribution in [0.3, 0.4) is 0 Å². The average molecular weight is 263 g/mol. The number of nitrogens with one attached hydrogen (secondary N) is 1. The van der Waals surface area contributed by atoms with E-state index in [4.69, 9.17) is 10.5 Å². The predicted octanol–water partition coefficient (Wildman–Crippen LogP) is 1.88. The SMILES string of the molecule is COCC(N)CCNc1ncccc1C(F)(F)F. The quantitative estimate of drug-likeness (QED) is 0.822. The van der Waals surface area contributed by atoms with Gasteiger partial charge in [0.1, 0.15) is 5.82 Å². The molecule has 18 heavy (non-hydrogen) atoms. The summed E-state index contributed by atoms with van der Waals surface area (Å²) in [5.41, 5.74) is 4.89. The van der Waals surface area contributed by atoms with Gasteiger partial charge in [-0.3, -0.25) is 0 Å². The van der Waals surface area contributed by atoms with Crippen LogP contribution < -0.4 is 11.1 Å². The number of anilines is 1. The molecule has 0 aromatic carbocycles. The zero-order valence-corrected chi connectivity index (χ0v) is 10.00. The molecule has 1 atom stereocenters. The van der Waals surface area contributed by atoms with E-state index < -0.39 is 11.7 Å². The minimum absolute atomic E-state index is 0.172. The number of methoxy groups -OCH3 is 1. The van der Waals surface area contributed by atoms with Gasteiger partial charge in [-0.2, -0.15) is 13.2 Å². The van der Waals surface area contributed by atoms with Crippen LogP contribution in [0.15, 0.2) is 18.3 Å². The number of ether oxygens (including phenoxy) is 1. The van der Waals surface area contributed by atoms with Crippen LogP contribution in [-0.4, -0.2) is 31.3 Å². The molecular formula is C11H16F3N3O. The Bertz CT molecular complexity index is 371. The van der Waals surface area contributed by atoms with Gasteiger partial charge in [0.05, 0.1) is 12.2 Å². The number of halogens is 3. The highest BCUT2D eigenvalue weighted by atomic mass is 19.4. The maximum absolute atomic E-state index is 12.6. The number of pyridine rings is 1. The number of alkyl halides is 3. The highest BCUT2D eigenvalue weighted by Crippen LogP contribution is 2.33. The van der Waals surface area contributed by atoms with Crippen LogP contribution in [0.5, 0.6) is 0 Å². The first-order valence-electron chi connectivity index (χ1n) is 5.45. The van der Waals surface area contributed by atoms with Gasteiger partial charge in [-0.15, -0.1) is 0 Å². The summed E-state index contributed by atoms with van der Waals surface area (Å²) in [6.07, 6.45) is -2.60. The number of aromatic nitrogens is 1. The van der Waals surface area contributed by atoms with E-state index in [2.05, 4.69) is 10.3 Å². The lowest BCUT2D eigenvalue weighted by molar-refractivity contribution is -0.137. The largest absolute Gasteiger partial charge is 0.419 e. The second-order valence-electron chi connectivity index (χ2n) is 3.83. The summed E-state index contributed by atoms with van der Waals surface area (Å²) in [5.74, 6) is -0.172. The zero-order chi connectivity index (χ0) is 13.6. The van der Waals surface area contributed by atoms with Crippen molar-refractivity contribution in [2.45, 2.75) is 18.6 Å². The van der Waals surface area contributed by atoms with E-state index in [0.717, 1.165) is 6.07 Å². The molecule has 4 nitrogen and oxygen atoms in total.